The summed E-state index contributed by atoms with van der Waals surface area (Å²) < 4.78 is 39.7. The third-order valence-corrected chi connectivity index (χ3v) is 4.03. The predicted molar refractivity (Wildman–Crippen MR) is 68.7 cm³/mol. The van der Waals surface area contributed by atoms with Crippen molar-refractivity contribution in [2.75, 3.05) is 13.6 Å². The van der Waals surface area contributed by atoms with Crippen LogP contribution in [0.3, 0.4) is 0 Å². The molecule has 19 heavy (non-hydrogen) atoms. The summed E-state index contributed by atoms with van der Waals surface area (Å²) in [6.07, 6.45) is 1.87. The highest BCUT2D eigenvalue weighted by Gasteiger charge is 2.30. The first-order valence-electron chi connectivity index (χ1n) is 5.92. The van der Waals surface area contributed by atoms with E-state index < -0.39 is 28.9 Å². The van der Waals surface area contributed by atoms with E-state index in [1.54, 1.807) is 0 Å². The number of alkyl halides is 1. The Morgan fingerprint density at radius 1 is 1.32 bits per heavy atom. The lowest BCUT2D eigenvalue weighted by molar-refractivity contribution is 0.0739. The van der Waals surface area contributed by atoms with E-state index in [4.69, 9.17) is 0 Å². The Kier molecular flexibility index (Phi) is 4.18. The highest BCUT2D eigenvalue weighted by Crippen LogP contribution is 2.33. The average Bonchev–Trinajstić information content (AvgIpc) is 2.25. The Morgan fingerprint density at radius 3 is 2.32 bits per heavy atom. The zero-order valence-electron chi connectivity index (χ0n) is 10.3. The second-order valence-electron chi connectivity index (χ2n) is 4.86. The summed E-state index contributed by atoms with van der Waals surface area (Å²) in [6.45, 7) is 0.442. The van der Waals surface area contributed by atoms with Gasteiger partial charge in [0.2, 0.25) is 0 Å². The maximum atomic E-state index is 13.5. The van der Waals surface area contributed by atoms with E-state index in [0.29, 0.717) is 29.4 Å². The van der Waals surface area contributed by atoms with Gasteiger partial charge in [-0.05, 0) is 18.8 Å². The third-order valence-electron chi connectivity index (χ3n) is 3.28. The highest BCUT2D eigenvalue weighted by molar-refractivity contribution is 9.09. The minimum absolute atomic E-state index is 0.338. The van der Waals surface area contributed by atoms with Crippen LogP contribution in [-0.2, 0) is 0 Å². The lowest BCUT2D eigenvalue weighted by Gasteiger charge is -2.34. The van der Waals surface area contributed by atoms with Crippen molar-refractivity contribution >= 4 is 21.8 Å². The number of benzene rings is 1. The molecule has 2 rings (SSSR count). The molecular formula is C13H13BrF3NO. The fourth-order valence-corrected chi connectivity index (χ4v) is 3.27. The minimum Gasteiger partial charge on any atom is -0.341 e. The van der Waals surface area contributed by atoms with Crippen LogP contribution >= 0.6 is 15.9 Å². The van der Waals surface area contributed by atoms with Gasteiger partial charge in [0.25, 0.3) is 5.91 Å². The number of hydrogen-bond acceptors (Lipinski definition) is 1. The van der Waals surface area contributed by atoms with E-state index in [-0.39, 0.29) is 0 Å². The van der Waals surface area contributed by atoms with Crippen LogP contribution in [0.5, 0.6) is 0 Å². The Morgan fingerprint density at radius 2 is 1.84 bits per heavy atom. The van der Waals surface area contributed by atoms with Crippen LogP contribution in [0.1, 0.15) is 23.2 Å². The number of carbonyl (C=O) groups excluding carboxylic acids is 1. The van der Waals surface area contributed by atoms with Crippen LogP contribution in [0.2, 0.25) is 0 Å². The van der Waals surface area contributed by atoms with E-state index in [1.165, 1.54) is 11.9 Å². The van der Waals surface area contributed by atoms with Gasteiger partial charge in [-0.1, -0.05) is 15.9 Å². The zero-order valence-corrected chi connectivity index (χ0v) is 11.9. The summed E-state index contributed by atoms with van der Waals surface area (Å²) in [4.78, 5) is 13.7. The summed E-state index contributed by atoms with van der Waals surface area (Å²) in [6, 6.07) is 1.03. The molecule has 1 aliphatic rings. The number of rotatable bonds is 3. The third kappa shape index (κ3) is 3.11. The van der Waals surface area contributed by atoms with Crippen LogP contribution in [0.4, 0.5) is 13.2 Å². The molecule has 0 spiro atoms. The van der Waals surface area contributed by atoms with Gasteiger partial charge in [-0.25, -0.2) is 13.2 Å². The van der Waals surface area contributed by atoms with E-state index in [1.807, 2.05) is 0 Å². The van der Waals surface area contributed by atoms with Crippen molar-refractivity contribution in [2.24, 2.45) is 5.92 Å². The molecule has 104 valence electrons. The number of hydrogen-bond donors (Lipinski definition) is 0. The molecule has 1 amide bonds. The van der Waals surface area contributed by atoms with Gasteiger partial charge >= 0.3 is 0 Å². The maximum absolute atomic E-state index is 13.5. The summed E-state index contributed by atoms with van der Waals surface area (Å²) in [5.41, 5.74) is -0.696. The normalized spacial score (nSPS) is 21.9. The first-order valence-corrected chi connectivity index (χ1v) is 6.84. The SMILES string of the molecule is CN(CC1CC(Br)C1)C(=O)c1c(F)cc(F)cc1F. The first-order chi connectivity index (χ1) is 8.88. The molecular weight excluding hydrogens is 323 g/mol. The van der Waals surface area contributed by atoms with Crippen LogP contribution in [0.25, 0.3) is 0 Å². The largest absolute Gasteiger partial charge is 0.341 e. The van der Waals surface area contributed by atoms with E-state index >= 15 is 0 Å². The Bertz CT molecular complexity index is 480. The molecule has 0 aromatic heterocycles. The maximum Gasteiger partial charge on any atom is 0.259 e. The molecule has 0 saturated heterocycles. The van der Waals surface area contributed by atoms with Crippen molar-refractivity contribution in [1.29, 1.82) is 0 Å². The fourth-order valence-electron chi connectivity index (χ4n) is 2.21. The van der Waals surface area contributed by atoms with Crippen molar-refractivity contribution in [3.63, 3.8) is 0 Å². The molecule has 0 aliphatic heterocycles. The minimum atomic E-state index is -1.17. The molecule has 0 atom stereocenters. The lowest BCUT2D eigenvalue weighted by atomic mass is 9.85. The fraction of sp³-hybridized carbons (Fsp3) is 0.462. The summed E-state index contributed by atoms with van der Waals surface area (Å²) >= 11 is 3.44. The zero-order chi connectivity index (χ0) is 14.2. The van der Waals surface area contributed by atoms with Crippen LogP contribution in [0.15, 0.2) is 12.1 Å². The molecule has 2 nitrogen and oxygen atoms in total. The standard InChI is InChI=1S/C13H13BrF3NO/c1-18(6-7-2-8(14)3-7)13(19)12-10(16)4-9(15)5-11(12)17/h4-5,7-8H,2-3,6H2,1H3. The average molecular weight is 336 g/mol. The van der Waals surface area contributed by atoms with Crippen molar-refractivity contribution in [1.82, 2.24) is 4.90 Å². The first kappa shape index (κ1) is 14.4. The second kappa shape index (κ2) is 5.53. The summed E-state index contributed by atoms with van der Waals surface area (Å²) in [7, 11) is 1.49. The van der Waals surface area contributed by atoms with Gasteiger partial charge in [0.1, 0.15) is 23.0 Å². The molecule has 0 radical (unpaired) electrons. The molecule has 1 aromatic carbocycles. The van der Waals surface area contributed by atoms with Gasteiger partial charge in [-0.2, -0.15) is 0 Å². The van der Waals surface area contributed by atoms with Crippen molar-refractivity contribution in [3.05, 3.63) is 35.1 Å². The Labute approximate surface area is 117 Å². The highest BCUT2D eigenvalue weighted by atomic mass is 79.9. The second-order valence-corrected chi connectivity index (χ2v) is 6.16. The molecule has 1 saturated carbocycles. The van der Waals surface area contributed by atoms with Crippen LogP contribution in [0, 0.1) is 23.4 Å². The van der Waals surface area contributed by atoms with Crippen LogP contribution < -0.4 is 0 Å². The van der Waals surface area contributed by atoms with E-state index in [0.717, 1.165) is 12.8 Å². The summed E-state index contributed by atoms with van der Waals surface area (Å²) in [5, 5.41) is 0. The van der Waals surface area contributed by atoms with Crippen molar-refractivity contribution in [2.45, 2.75) is 17.7 Å². The number of nitrogens with zero attached hydrogens (tertiary/aromatic N) is 1. The Hall–Kier alpha value is -1.04. The van der Waals surface area contributed by atoms with Crippen LogP contribution in [-0.4, -0.2) is 29.2 Å². The van der Waals surface area contributed by atoms with Crippen molar-refractivity contribution < 1.29 is 18.0 Å². The van der Waals surface area contributed by atoms with Gasteiger partial charge < -0.3 is 4.90 Å². The van der Waals surface area contributed by atoms with Gasteiger partial charge in [-0.3, -0.25) is 4.79 Å². The number of carbonyl (C=O) groups is 1. The quantitative estimate of drug-likeness (QED) is 0.776. The van der Waals surface area contributed by atoms with Gasteiger partial charge in [0.15, 0.2) is 0 Å². The molecule has 0 bridgehead atoms. The Balaban J connectivity index is 2.10. The predicted octanol–water partition coefficient (Wildman–Crippen LogP) is 3.35. The topological polar surface area (TPSA) is 20.3 Å². The molecule has 1 aromatic rings. The van der Waals surface area contributed by atoms with Crippen molar-refractivity contribution in [3.8, 4) is 0 Å². The van der Waals surface area contributed by atoms with Gasteiger partial charge in [-0.15, -0.1) is 0 Å². The van der Waals surface area contributed by atoms with Gasteiger partial charge in [0, 0.05) is 30.6 Å². The monoisotopic (exact) mass is 335 g/mol. The number of halogens is 4. The molecule has 0 heterocycles. The molecule has 1 fully saturated rings. The summed E-state index contributed by atoms with van der Waals surface area (Å²) in [5.74, 6) is -3.78. The molecule has 0 unspecified atom stereocenters. The van der Waals surface area contributed by atoms with Gasteiger partial charge in [0.05, 0.1) is 0 Å². The number of amides is 1. The molecule has 1 aliphatic carbocycles. The van der Waals surface area contributed by atoms with E-state index in [2.05, 4.69) is 15.9 Å². The lowest BCUT2D eigenvalue weighted by Crippen LogP contribution is -2.38. The molecule has 0 N–H and O–H groups in total. The molecule has 6 heteroatoms. The smallest absolute Gasteiger partial charge is 0.259 e. The van der Waals surface area contributed by atoms with E-state index in [9.17, 15) is 18.0 Å².